The minimum absolute atomic E-state index is 0.799. The first-order valence-corrected chi connectivity index (χ1v) is 7.76. The number of benzene rings is 1. The molecule has 2 heteroatoms. The van der Waals surface area contributed by atoms with E-state index in [2.05, 4.69) is 54.5 Å². The molecule has 19 heavy (non-hydrogen) atoms. The van der Waals surface area contributed by atoms with Crippen LogP contribution in [-0.2, 0) is 6.42 Å². The van der Waals surface area contributed by atoms with Gasteiger partial charge in [-0.25, -0.2) is 0 Å². The normalized spacial score (nSPS) is 22.5. The van der Waals surface area contributed by atoms with Crippen molar-refractivity contribution in [3.63, 3.8) is 0 Å². The summed E-state index contributed by atoms with van der Waals surface area (Å²) >= 11 is 0. The molecule has 0 bridgehead atoms. The Kier molecular flexibility index (Phi) is 5.87. The summed E-state index contributed by atoms with van der Waals surface area (Å²) in [6, 6.07) is 11.6. The highest BCUT2D eigenvalue weighted by atomic mass is 15.1. The lowest BCUT2D eigenvalue weighted by Crippen LogP contribution is -2.49. The van der Waals surface area contributed by atoms with E-state index < -0.39 is 0 Å². The number of likely N-dealkylation sites (N-methyl/N-ethyl adjacent to an activating group) is 1. The van der Waals surface area contributed by atoms with Gasteiger partial charge in [-0.05, 0) is 57.3 Å². The van der Waals surface area contributed by atoms with E-state index in [1.807, 2.05) is 0 Å². The summed E-state index contributed by atoms with van der Waals surface area (Å²) in [7, 11) is 2.29. The predicted octanol–water partition coefficient (Wildman–Crippen LogP) is 2.94. The first-order chi connectivity index (χ1) is 9.31. The zero-order valence-electron chi connectivity index (χ0n) is 12.4. The Hall–Kier alpha value is -0.860. The van der Waals surface area contributed by atoms with Crippen molar-refractivity contribution < 1.29 is 0 Å². The average molecular weight is 260 g/mol. The van der Waals surface area contributed by atoms with Crippen molar-refractivity contribution in [2.24, 2.45) is 5.92 Å². The summed E-state index contributed by atoms with van der Waals surface area (Å²) in [4.78, 5) is 2.56. The van der Waals surface area contributed by atoms with Gasteiger partial charge in [0.1, 0.15) is 0 Å². The third-order valence-corrected chi connectivity index (χ3v) is 4.37. The molecule has 1 aromatic rings. The lowest BCUT2D eigenvalue weighted by atomic mass is 9.78. The molecule has 1 fully saturated rings. The second-order valence-corrected chi connectivity index (χ2v) is 5.83. The Labute approximate surface area is 118 Å². The maximum atomic E-state index is 3.57. The van der Waals surface area contributed by atoms with Crippen molar-refractivity contribution in [3.05, 3.63) is 35.9 Å². The van der Waals surface area contributed by atoms with Crippen LogP contribution in [-0.4, -0.2) is 37.6 Å². The van der Waals surface area contributed by atoms with Crippen molar-refractivity contribution in [3.8, 4) is 0 Å². The molecule has 2 nitrogen and oxygen atoms in total. The van der Waals surface area contributed by atoms with Gasteiger partial charge in [-0.1, -0.05) is 37.3 Å². The van der Waals surface area contributed by atoms with Crippen molar-refractivity contribution in [2.45, 2.75) is 38.6 Å². The van der Waals surface area contributed by atoms with E-state index in [-0.39, 0.29) is 0 Å². The lowest BCUT2D eigenvalue weighted by Gasteiger charge is -2.43. The molecule has 2 rings (SSSR count). The fourth-order valence-electron chi connectivity index (χ4n) is 2.95. The van der Waals surface area contributed by atoms with Crippen LogP contribution in [0.5, 0.6) is 0 Å². The van der Waals surface area contributed by atoms with Crippen molar-refractivity contribution >= 4 is 0 Å². The molecular formula is C17H28N2. The van der Waals surface area contributed by atoms with Crippen LogP contribution in [0.4, 0.5) is 0 Å². The third kappa shape index (κ3) is 4.32. The Bertz CT molecular complexity index is 350. The van der Waals surface area contributed by atoms with Crippen molar-refractivity contribution in [2.75, 3.05) is 26.7 Å². The van der Waals surface area contributed by atoms with E-state index in [4.69, 9.17) is 0 Å². The monoisotopic (exact) mass is 260 g/mol. The van der Waals surface area contributed by atoms with Gasteiger partial charge in [0.05, 0.1) is 0 Å². The molecule has 2 atom stereocenters. The minimum Gasteiger partial charge on any atom is -0.316 e. The molecule has 0 heterocycles. The summed E-state index contributed by atoms with van der Waals surface area (Å²) < 4.78 is 0. The van der Waals surface area contributed by atoms with Crippen LogP contribution in [0.2, 0.25) is 0 Å². The molecule has 0 aromatic heterocycles. The quantitative estimate of drug-likeness (QED) is 0.723. The summed E-state index contributed by atoms with van der Waals surface area (Å²) in [6.07, 6.45) is 5.19. The number of hydrogen-bond donors (Lipinski definition) is 1. The van der Waals surface area contributed by atoms with E-state index in [0.717, 1.165) is 18.5 Å². The molecule has 1 aliphatic carbocycles. The first kappa shape index (κ1) is 14.5. The smallest absolute Gasteiger partial charge is 0.0133 e. The van der Waals surface area contributed by atoms with Gasteiger partial charge in [-0.2, -0.15) is 0 Å². The predicted molar refractivity (Wildman–Crippen MR) is 82.4 cm³/mol. The molecule has 0 saturated heterocycles. The van der Waals surface area contributed by atoms with Crippen LogP contribution in [0.1, 0.15) is 31.7 Å². The highest BCUT2D eigenvalue weighted by Gasteiger charge is 2.32. The highest BCUT2D eigenvalue weighted by Crippen LogP contribution is 2.30. The van der Waals surface area contributed by atoms with E-state index in [0.29, 0.717) is 0 Å². The summed E-state index contributed by atoms with van der Waals surface area (Å²) in [5.41, 5.74) is 1.45. The van der Waals surface area contributed by atoms with Gasteiger partial charge in [0.25, 0.3) is 0 Å². The SMILES string of the molecule is CCCNCC1CCC1N(C)CCc1ccccc1. The molecule has 106 valence electrons. The number of nitrogens with zero attached hydrogens (tertiary/aromatic N) is 1. The van der Waals surface area contributed by atoms with E-state index in [1.54, 1.807) is 0 Å². The lowest BCUT2D eigenvalue weighted by molar-refractivity contribution is 0.0849. The molecule has 0 radical (unpaired) electrons. The van der Waals surface area contributed by atoms with Gasteiger partial charge in [-0.3, -0.25) is 0 Å². The van der Waals surface area contributed by atoms with Crippen LogP contribution in [0.15, 0.2) is 30.3 Å². The molecule has 0 spiro atoms. The third-order valence-electron chi connectivity index (χ3n) is 4.37. The summed E-state index contributed by atoms with van der Waals surface area (Å²) in [5, 5.41) is 3.57. The largest absolute Gasteiger partial charge is 0.316 e. The van der Waals surface area contributed by atoms with Gasteiger partial charge < -0.3 is 10.2 Å². The molecule has 2 unspecified atom stereocenters. The second-order valence-electron chi connectivity index (χ2n) is 5.83. The molecule has 1 aliphatic rings. The van der Waals surface area contributed by atoms with E-state index in [9.17, 15) is 0 Å². The molecule has 0 aliphatic heterocycles. The van der Waals surface area contributed by atoms with Gasteiger partial charge in [-0.15, -0.1) is 0 Å². The second kappa shape index (κ2) is 7.66. The van der Waals surface area contributed by atoms with Crippen LogP contribution >= 0.6 is 0 Å². The maximum absolute atomic E-state index is 3.57. The molecule has 1 aromatic carbocycles. The Morgan fingerprint density at radius 3 is 2.63 bits per heavy atom. The minimum atomic E-state index is 0.799. The molecule has 0 amide bonds. The topological polar surface area (TPSA) is 15.3 Å². The number of hydrogen-bond acceptors (Lipinski definition) is 2. The van der Waals surface area contributed by atoms with Gasteiger partial charge in [0.2, 0.25) is 0 Å². The van der Waals surface area contributed by atoms with Crippen molar-refractivity contribution in [1.29, 1.82) is 0 Å². The summed E-state index contributed by atoms with van der Waals surface area (Å²) in [5.74, 6) is 0.868. The van der Waals surface area contributed by atoms with Crippen LogP contribution < -0.4 is 5.32 Å². The van der Waals surface area contributed by atoms with Gasteiger partial charge in [0, 0.05) is 12.6 Å². The van der Waals surface area contributed by atoms with E-state index in [1.165, 1.54) is 44.3 Å². The van der Waals surface area contributed by atoms with Crippen LogP contribution in [0.25, 0.3) is 0 Å². The summed E-state index contributed by atoms with van der Waals surface area (Å²) in [6.45, 7) is 5.78. The highest BCUT2D eigenvalue weighted by molar-refractivity contribution is 5.14. The Balaban J connectivity index is 1.69. The van der Waals surface area contributed by atoms with Gasteiger partial charge in [0.15, 0.2) is 0 Å². The average Bonchev–Trinajstić information content (AvgIpc) is 2.41. The standard InChI is InChI=1S/C17H28N2/c1-3-12-18-14-16-9-10-17(16)19(2)13-11-15-7-5-4-6-8-15/h4-8,16-18H,3,9-14H2,1-2H3. The van der Waals surface area contributed by atoms with Crippen molar-refractivity contribution in [1.82, 2.24) is 10.2 Å². The first-order valence-electron chi connectivity index (χ1n) is 7.76. The number of rotatable bonds is 8. The van der Waals surface area contributed by atoms with Crippen LogP contribution in [0, 0.1) is 5.92 Å². The fourth-order valence-corrected chi connectivity index (χ4v) is 2.95. The number of nitrogens with one attached hydrogen (secondary N) is 1. The maximum Gasteiger partial charge on any atom is 0.0133 e. The zero-order chi connectivity index (χ0) is 13.5. The van der Waals surface area contributed by atoms with Crippen LogP contribution in [0.3, 0.4) is 0 Å². The zero-order valence-corrected chi connectivity index (χ0v) is 12.4. The Morgan fingerprint density at radius 1 is 1.21 bits per heavy atom. The molecular weight excluding hydrogens is 232 g/mol. The molecule has 1 N–H and O–H groups in total. The van der Waals surface area contributed by atoms with E-state index >= 15 is 0 Å². The Morgan fingerprint density at radius 2 is 2.00 bits per heavy atom. The van der Waals surface area contributed by atoms with Gasteiger partial charge >= 0.3 is 0 Å². The fraction of sp³-hybridized carbons (Fsp3) is 0.647. The molecule has 1 saturated carbocycles.